The largest absolute Gasteiger partial charge is 0.477 e. The Labute approximate surface area is 128 Å². The highest BCUT2D eigenvalue weighted by Gasteiger charge is 2.21. The smallest absolute Gasteiger partial charge is 0.234 e. The molecule has 0 bridgehead atoms. The molecule has 21 heavy (non-hydrogen) atoms. The van der Waals surface area contributed by atoms with Gasteiger partial charge in [-0.05, 0) is 31.7 Å². The highest BCUT2D eigenvalue weighted by atomic mass is 16.5. The van der Waals surface area contributed by atoms with Crippen molar-refractivity contribution in [3.05, 3.63) is 12.4 Å². The molecule has 0 amide bonds. The zero-order valence-corrected chi connectivity index (χ0v) is 13.5. The van der Waals surface area contributed by atoms with Gasteiger partial charge < -0.3 is 15.0 Å². The fraction of sp³-hybridized carbons (Fsp3) is 0.750. The Morgan fingerprint density at radius 1 is 1.43 bits per heavy atom. The van der Waals surface area contributed by atoms with Crippen molar-refractivity contribution in [2.24, 2.45) is 5.92 Å². The third-order valence-electron chi connectivity index (χ3n) is 3.71. The van der Waals surface area contributed by atoms with Crippen LogP contribution in [0.25, 0.3) is 0 Å². The molecule has 1 aliphatic rings. The van der Waals surface area contributed by atoms with Crippen molar-refractivity contribution in [2.45, 2.75) is 46.1 Å². The number of piperidine rings is 1. The van der Waals surface area contributed by atoms with Crippen LogP contribution in [0.2, 0.25) is 0 Å². The van der Waals surface area contributed by atoms with Crippen molar-refractivity contribution in [2.75, 3.05) is 31.1 Å². The molecule has 118 valence electrons. The van der Waals surface area contributed by atoms with Crippen LogP contribution in [0.1, 0.15) is 40.0 Å². The van der Waals surface area contributed by atoms with Crippen molar-refractivity contribution in [3.8, 4) is 5.88 Å². The molecule has 2 rings (SSSR count). The number of ether oxygens (including phenoxy) is 1. The van der Waals surface area contributed by atoms with E-state index in [1.165, 1.54) is 12.8 Å². The van der Waals surface area contributed by atoms with Crippen LogP contribution in [0.3, 0.4) is 0 Å². The number of anilines is 1. The van der Waals surface area contributed by atoms with Gasteiger partial charge in [-0.3, -0.25) is 4.98 Å². The summed E-state index contributed by atoms with van der Waals surface area (Å²) in [6.07, 6.45) is 7.03. The van der Waals surface area contributed by atoms with Crippen LogP contribution < -0.4 is 15.0 Å². The fourth-order valence-electron chi connectivity index (χ4n) is 2.61. The second-order valence-corrected chi connectivity index (χ2v) is 6.08. The van der Waals surface area contributed by atoms with Gasteiger partial charge in [-0.2, -0.15) is 4.98 Å². The Kier molecular flexibility index (Phi) is 6.23. The minimum Gasteiger partial charge on any atom is -0.477 e. The highest BCUT2D eigenvalue weighted by molar-refractivity contribution is 5.38. The quantitative estimate of drug-likeness (QED) is 0.836. The topological polar surface area (TPSA) is 50.3 Å². The first kappa shape index (κ1) is 16.0. The van der Waals surface area contributed by atoms with Crippen molar-refractivity contribution in [3.63, 3.8) is 0 Å². The van der Waals surface area contributed by atoms with Gasteiger partial charge in [-0.25, -0.2) is 0 Å². The molecule has 0 aliphatic carbocycles. The van der Waals surface area contributed by atoms with Crippen LogP contribution in [0.15, 0.2) is 12.4 Å². The molecular formula is C16H28N4O. The summed E-state index contributed by atoms with van der Waals surface area (Å²) in [5.74, 6) is 2.26. The molecule has 5 nitrogen and oxygen atoms in total. The van der Waals surface area contributed by atoms with Crippen LogP contribution in [0.4, 0.5) is 5.82 Å². The highest BCUT2D eigenvalue weighted by Crippen LogP contribution is 2.22. The number of hydrogen-bond donors (Lipinski definition) is 1. The molecule has 0 saturated carbocycles. The Bertz CT molecular complexity index is 424. The van der Waals surface area contributed by atoms with Gasteiger partial charge in [-0.1, -0.05) is 20.8 Å². The average molecular weight is 292 g/mol. The van der Waals surface area contributed by atoms with Crippen molar-refractivity contribution < 1.29 is 4.74 Å². The summed E-state index contributed by atoms with van der Waals surface area (Å²) in [5.41, 5.74) is 0. The predicted octanol–water partition coefficient (Wildman–Crippen LogP) is 2.48. The van der Waals surface area contributed by atoms with Gasteiger partial charge >= 0.3 is 0 Å². The molecule has 5 heteroatoms. The molecular weight excluding hydrogens is 264 g/mol. The summed E-state index contributed by atoms with van der Waals surface area (Å²) in [4.78, 5) is 11.2. The van der Waals surface area contributed by atoms with Gasteiger partial charge in [0.15, 0.2) is 5.82 Å². The second kappa shape index (κ2) is 8.17. The van der Waals surface area contributed by atoms with E-state index in [9.17, 15) is 0 Å². The molecule has 0 spiro atoms. The van der Waals surface area contributed by atoms with Gasteiger partial charge in [0.25, 0.3) is 0 Å². The van der Waals surface area contributed by atoms with Gasteiger partial charge in [0.1, 0.15) is 0 Å². The molecule has 1 fully saturated rings. The van der Waals surface area contributed by atoms with Crippen LogP contribution in [-0.4, -0.2) is 42.3 Å². The van der Waals surface area contributed by atoms with Gasteiger partial charge in [0, 0.05) is 19.1 Å². The lowest BCUT2D eigenvalue weighted by atomic mass is 9.98. The molecule has 0 radical (unpaired) electrons. The Morgan fingerprint density at radius 3 is 3.05 bits per heavy atom. The first-order valence-corrected chi connectivity index (χ1v) is 8.12. The zero-order chi connectivity index (χ0) is 15.1. The third kappa shape index (κ3) is 5.16. The lowest BCUT2D eigenvalue weighted by molar-refractivity contribution is 0.303. The molecule has 1 aromatic rings. The average Bonchev–Trinajstić information content (AvgIpc) is 2.51. The summed E-state index contributed by atoms with van der Waals surface area (Å²) in [5, 5.41) is 3.54. The van der Waals surface area contributed by atoms with E-state index in [2.05, 4.69) is 41.0 Å². The normalized spacial score (nSPS) is 19.0. The van der Waals surface area contributed by atoms with Crippen LogP contribution >= 0.6 is 0 Å². The fourth-order valence-corrected chi connectivity index (χ4v) is 2.61. The summed E-state index contributed by atoms with van der Waals surface area (Å²) in [6, 6.07) is 0.547. The molecule has 1 saturated heterocycles. The zero-order valence-electron chi connectivity index (χ0n) is 13.5. The minimum atomic E-state index is 0.547. The number of aromatic nitrogens is 2. The minimum absolute atomic E-state index is 0.547. The van der Waals surface area contributed by atoms with E-state index in [0.29, 0.717) is 24.4 Å². The monoisotopic (exact) mass is 292 g/mol. The van der Waals surface area contributed by atoms with Crippen LogP contribution in [-0.2, 0) is 0 Å². The van der Waals surface area contributed by atoms with Crippen molar-refractivity contribution in [1.82, 2.24) is 15.3 Å². The first-order valence-electron chi connectivity index (χ1n) is 8.12. The summed E-state index contributed by atoms with van der Waals surface area (Å²) in [7, 11) is 0. The molecule has 1 unspecified atom stereocenters. The van der Waals surface area contributed by atoms with E-state index in [4.69, 9.17) is 4.74 Å². The van der Waals surface area contributed by atoms with E-state index in [0.717, 1.165) is 31.9 Å². The molecule has 1 aromatic heterocycles. The van der Waals surface area contributed by atoms with E-state index < -0.39 is 0 Å². The maximum Gasteiger partial charge on any atom is 0.234 e. The first-order chi connectivity index (χ1) is 10.2. The van der Waals surface area contributed by atoms with Crippen LogP contribution in [0.5, 0.6) is 5.88 Å². The lowest BCUT2D eigenvalue weighted by Gasteiger charge is -2.34. The molecule has 1 aliphatic heterocycles. The standard InChI is InChI=1S/C16H28N4O/c1-4-8-21-16-11-17-10-15(19-16)20-7-5-6-14(12-20)9-18-13(2)3/h10-11,13-14,18H,4-9,12H2,1-3H3. The summed E-state index contributed by atoms with van der Waals surface area (Å²) >= 11 is 0. The Balaban J connectivity index is 1.93. The van der Waals surface area contributed by atoms with Gasteiger partial charge in [0.05, 0.1) is 19.0 Å². The summed E-state index contributed by atoms with van der Waals surface area (Å²) in [6.45, 7) is 10.4. The lowest BCUT2D eigenvalue weighted by Crippen LogP contribution is -2.41. The third-order valence-corrected chi connectivity index (χ3v) is 3.71. The maximum atomic E-state index is 5.58. The van der Waals surface area contributed by atoms with E-state index in [-0.39, 0.29) is 0 Å². The number of hydrogen-bond acceptors (Lipinski definition) is 5. The molecule has 0 aromatic carbocycles. The number of nitrogens with one attached hydrogen (secondary N) is 1. The van der Waals surface area contributed by atoms with Gasteiger partial charge in [-0.15, -0.1) is 0 Å². The van der Waals surface area contributed by atoms with Crippen molar-refractivity contribution in [1.29, 1.82) is 0 Å². The predicted molar refractivity (Wildman–Crippen MR) is 85.9 cm³/mol. The molecule has 1 N–H and O–H groups in total. The van der Waals surface area contributed by atoms with Gasteiger partial charge in [0.2, 0.25) is 5.88 Å². The van der Waals surface area contributed by atoms with E-state index >= 15 is 0 Å². The van der Waals surface area contributed by atoms with E-state index in [1.807, 2.05) is 6.20 Å². The Hall–Kier alpha value is -1.36. The van der Waals surface area contributed by atoms with E-state index in [1.54, 1.807) is 6.20 Å². The number of rotatable bonds is 7. The molecule has 1 atom stereocenters. The second-order valence-electron chi connectivity index (χ2n) is 6.08. The van der Waals surface area contributed by atoms with Crippen LogP contribution in [0, 0.1) is 5.92 Å². The SMILES string of the molecule is CCCOc1cncc(N2CCCC(CNC(C)C)C2)n1. The number of nitrogens with zero attached hydrogens (tertiary/aromatic N) is 3. The Morgan fingerprint density at radius 2 is 2.29 bits per heavy atom. The molecule has 2 heterocycles. The van der Waals surface area contributed by atoms with Crippen molar-refractivity contribution >= 4 is 5.82 Å². The maximum absolute atomic E-state index is 5.58. The summed E-state index contributed by atoms with van der Waals surface area (Å²) < 4.78 is 5.58.